The number of aryl methyl sites for hydroxylation is 1. The summed E-state index contributed by atoms with van der Waals surface area (Å²) in [6.45, 7) is 3.46. The Labute approximate surface area is 157 Å². The van der Waals surface area contributed by atoms with E-state index in [1.54, 1.807) is 31.2 Å². The van der Waals surface area contributed by atoms with E-state index in [2.05, 4.69) is 10.6 Å². The molecule has 0 saturated heterocycles. The Balaban J connectivity index is 1.65. The van der Waals surface area contributed by atoms with E-state index >= 15 is 0 Å². The molecule has 6 nitrogen and oxygen atoms in total. The van der Waals surface area contributed by atoms with E-state index in [0.29, 0.717) is 23.5 Å². The number of nitrogens with zero attached hydrogens (tertiary/aromatic N) is 1. The lowest BCUT2D eigenvalue weighted by molar-refractivity contribution is -0.116. The van der Waals surface area contributed by atoms with Gasteiger partial charge >= 0.3 is 0 Å². The molecule has 1 heterocycles. The van der Waals surface area contributed by atoms with Crippen LogP contribution in [0.5, 0.6) is 0 Å². The average Bonchev–Trinajstić information content (AvgIpc) is 3.00. The van der Waals surface area contributed by atoms with Crippen LogP contribution < -0.4 is 10.6 Å². The normalized spacial score (nSPS) is 10.6. The highest BCUT2D eigenvalue weighted by atomic mass is 16.2. The summed E-state index contributed by atoms with van der Waals surface area (Å²) < 4.78 is 1.94. The highest BCUT2D eigenvalue weighted by molar-refractivity contribution is 6.07. The number of ketones is 1. The molecule has 3 rings (SSSR count). The predicted molar refractivity (Wildman–Crippen MR) is 106 cm³/mol. The topological polar surface area (TPSA) is 80.2 Å². The van der Waals surface area contributed by atoms with Crippen molar-refractivity contribution >= 4 is 39.9 Å². The quantitative estimate of drug-likeness (QED) is 0.653. The van der Waals surface area contributed by atoms with Crippen molar-refractivity contribution in [3.05, 3.63) is 60.3 Å². The van der Waals surface area contributed by atoms with Crippen LogP contribution in [0.3, 0.4) is 0 Å². The number of rotatable bonds is 6. The Hall–Kier alpha value is -3.41. The smallest absolute Gasteiger partial charge is 0.226 e. The molecule has 27 heavy (non-hydrogen) atoms. The summed E-state index contributed by atoms with van der Waals surface area (Å²) in [6.07, 6.45) is 2.09. The van der Waals surface area contributed by atoms with Crippen molar-refractivity contribution in [1.29, 1.82) is 0 Å². The molecule has 0 radical (unpaired) electrons. The first kappa shape index (κ1) is 18.4. The lowest BCUT2D eigenvalue weighted by Gasteiger charge is -2.08. The molecule has 0 aliphatic rings. The summed E-state index contributed by atoms with van der Waals surface area (Å²) in [7, 11) is 0. The van der Waals surface area contributed by atoms with Gasteiger partial charge in [-0.25, -0.2) is 0 Å². The van der Waals surface area contributed by atoms with Crippen LogP contribution in [-0.4, -0.2) is 22.2 Å². The number of amides is 2. The van der Waals surface area contributed by atoms with Crippen molar-refractivity contribution in [2.24, 2.45) is 0 Å². The first-order chi connectivity index (χ1) is 12.9. The fraction of sp³-hybridized carbons (Fsp3) is 0.190. The SMILES string of the molecule is CC(=O)Nc1ccc(NC(=O)CCn2cc(C(C)=O)c3ccccc32)cc1. The predicted octanol–water partition coefficient (Wildman–Crippen LogP) is 3.83. The summed E-state index contributed by atoms with van der Waals surface area (Å²) >= 11 is 0. The number of hydrogen-bond donors (Lipinski definition) is 2. The Morgan fingerprint density at radius 1 is 0.889 bits per heavy atom. The second-order valence-electron chi connectivity index (χ2n) is 6.37. The third-order valence-corrected chi connectivity index (χ3v) is 4.24. The van der Waals surface area contributed by atoms with E-state index < -0.39 is 0 Å². The fourth-order valence-electron chi connectivity index (χ4n) is 3.00. The van der Waals surface area contributed by atoms with Crippen LogP contribution in [-0.2, 0) is 16.1 Å². The third kappa shape index (κ3) is 4.41. The number of para-hydroxylation sites is 1. The van der Waals surface area contributed by atoms with Crippen molar-refractivity contribution in [2.75, 3.05) is 10.6 Å². The van der Waals surface area contributed by atoms with E-state index in [1.165, 1.54) is 6.92 Å². The minimum Gasteiger partial charge on any atom is -0.346 e. The largest absolute Gasteiger partial charge is 0.346 e. The number of hydrogen-bond acceptors (Lipinski definition) is 3. The molecule has 0 unspecified atom stereocenters. The van der Waals surface area contributed by atoms with Crippen molar-refractivity contribution in [3.63, 3.8) is 0 Å². The maximum Gasteiger partial charge on any atom is 0.226 e. The molecule has 3 aromatic rings. The van der Waals surface area contributed by atoms with Gasteiger partial charge in [0.1, 0.15) is 0 Å². The molecule has 2 aromatic carbocycles. The highest BCUT2D eigenvalue weighted by Gasteiger charge is 2.12. The fourth-order valence-corrected chi connectivity index (χ4v) is 3.00. The Morgan fingerprint density at radius 2 is 1.52 bits per heavy atom. The Bertz CT molecular complexity index is 1000. The molecular formula is C21H21N3O3. The second-order valence-corrected chi connectivity index (χ2v) is 6.37. The van der Waals surface area contributed by atoms with Crippen LogP contribution >= 0.6 is 0 Å². The van der Waals surface area contributed by atoms with Crippen molar-refractivity contribution in [1.82, 2.24) is 4.57 Å². The van der Waals surface area contributed by atoms with Gasteiger partial charge in [-0.15, -0.1) is 0 Å². The lowest BCUT2D eigenvalue weighted by Crippen LogP contribution is -2.14. The first-order valence-corrected chi connectivity index (χ1v) is 8.70. The summed E-state index contributed by atoms with van der Waals surface area (Å²) in [6, 6.07) is 14.6. The Kier molecular flexibility index (Phi) is 5.35. The third-order valence-electron chi connectivity index (χ3n) is 4.24. The molecule has 0 aliphatic carbocycles. The van der Waals surface area contributed by atoms with Gasteiger partial charge in [-0.2, -0.15) is 0 Å². The summed E-state index contributed by atoms with van der Waals surface area (Å²) in [5.41, 5.74) is 2.95. The van der Waals surface area contributed by atoms with Crippen LogP contribution in [0.25, 0.3) is 10.9 Å². The minimum atomic E-state index is -0.143. The highest BCUT2D eigenvalue weighted by Crippen LogP contribution is 2.22. The number of anilines is 2. The molecule has 0 fully saturated rings. The average molecular weight is 363 g/mol. The molecule has 2 N–H and O–H groups in total. The van der Waals surface area contributed by atoms with Crippen LogP contribution in [0.1, 0.15) is 30.6 Å². The standard InChI is InChI=1S/C21H21N3O3/c1-14(25)19-13-24(20-6-4-3-5-18(19)20)12-11-21(27)23-17-9-7-16(8-10-17)22-15(2)26/h3-10,13H,11-12H2,1-2H3,(H,22,26)(H,23,27). The van der Waals surface area contributed by atoms with Crippen LogP contribution in [0, 0.1) is 0 Å². The molecular weight excluding hydrogens is 342 g/mol. The van der Waals surface area contributed by atoms with E-state index in [9.17, 15) is 14.4 Å². The molecule has 1 aromatic heterocycles. The molecule has 0 bridgehead atoms. The summed E-state index contributed by atoms with van der Waals surface area (Å²) in [5.74, 6) is -0.256. The van der Waals surface area contributed by atoms with Crippen LogP contribution in [0.4, 0.5) is 11.4 Å². The Morgan fingerprint density at radius 3 is 2.15 bits per heavy atom. The number of carbonyl (C=O) groups is 3. The van der Waals surface area contributed by atoms with Crippen LogP contribution in [0.2, 0.25) is 0 Å². The van der Waals surface area contributed by atoms with Crippen LogP contribution in [0.15, 0.2) is 54.7 Å². The number of fused-ring (bicyclic) bond motifs is 1. The van der Waals surface area contributed by atoms with Crippen molar-refractivity contribution in [3.8, 4) is 0 Å². The van der Waals surface area contributed by atoms with Gasteiger partial charge in [-0.05, 0) is 37.3 Å². The van der Waals surface area contributed by atoms with Crippen molar-refractivity contribution in [2.45, 2.75) is 26.8 Å². The monoisotopic (exact) mass is 363 g/mol. The van der Waals surface area contributed by atoms with E-state index in [0.717, 1.165) is 10.9 Å². The first-order valence-electron chi connectivity index (χ1n) is 8.70. The molecule has 0 atom stereocenters. The van der Waals surface area contributed by atoms with Crippen molar-refractivity contribution < 1.29 is 14.4 Å². The summed E-state index contributed by atoms with van der Waals surface area (Å²) in [4.78, 5) is 35.1. The maximum absolute atomic E-state index is 12.3. The molecule has 6 heteroatoms. The van der Waals surface area contributed by atoms with Gasteiger partial charge < -0.3 is 15.2 Å². The van der Waals surface area contributed by atoms with Gasteiger partial charge in [-0.1, -0.05) is 18.2 Å². The molecule has 0 spiro atoms. The zero-order chi connectivity index (χ0) is 19.4. The second kappa shape index (κ2) is 7.86. The van der Waals surface area contributed by atoms with E-state index in [4.69, 9.17) is 0 Å². The lowest BCUT2D eigenvalue weighted by atomic mass is 10.1. The van der Waals surface area contributed by atoms with Gasteiger partial charge in [0, 0.05) is 53.9 Å². The summed E-state index contributed by atoms with van der Waals surface area (Å²) in [5, 5.41) is 6.42. The van der Waals surface area contributed by atoms with Gasteiger partial charge in [0.25, 0.3) is 0 Å². The number of nitrogens with one attached hydrogen (secondary N) is 2. The van der Waals surface area contributed by atoms with Gasteiger partial charge in [0.05, 0.1) is 0 Å². The molecule has 0 aliphatic heterocycles. The zero-order valence-electron chi connectivity index (χ0n) is 15.3. The minimum absolute atomic E-state index is 0.00802. The number of aromatic nitrogens is 1. The molecule has 138 valence electrons. The van der Waals surface area contributed by atoms with Gasteiger partial charge in [-0.3, -0.25) is 14.4 Å². The number of benzene rings is 2. The van der Waals surface area contributed by atoms with E-state index in [1.807, 2.05) is 35.0 Å². The maximum atomic E-state index is 12.3. The van der Waals surface area contributed by atoms with E-state index in [-0.39, 0.29) is 24.0 Å². The number of carbonyl (C=O) groups excluding carboxylic acids is 3. The van der Waals surface area contributed by atoms with Gasteiger partial charge in [0.15, 0.2) is 5.78 Å². The molecule has 0 saturated carbocycles. The molecule has 2 amide bonds. The zero-order valence-corrected chi connectivity index (χ0v) is 15.3. The van der Waals surface area contributed by atoms with Gasteiger partial charge in [0.2, 0.25) is 11.8 Å². The number of Topliss-reactive ketones (excluding diaryl/α,β-unsaturated/α-hetero) is 1.